The molecule has 0 radical (unpaired) electrons. The molecule has 0 spiro atoms. The third-order valence-electron chi connectivity index (χ3n) is 17.1. The van der Waals surface area contributed by atoms with Crippen molar-refractivity contribution in [2.75, 3.05) is 66.5 Å². The first kappa shape index (κ1) is 71.2. The van der Waals surface area contributed by atoms with Crippen molar-refractivity contribution in [2.45, 2.75) is 98.5 Å². The molecule has 2 unspecified atom stereocenters. The van der Waals surface area contributed by atoms with Crippen molar-refractivity contribution in [3.8, 4) is 0 Å². The Balaban J connectivity index is 0.000000203. The summed E-state index contributed by atoms with van der Waals surface area (Å²) in [6.07, 6.45) is 8.28. The largest absolute Gasteiger partial charge is 0.380 e. The maximum absolute atomic E-state index is 12.1. The number of aliphatic hydroxyl groups is 1. The maximum Gasteiger partial charge on any atom is 0.166 e. The first-order chi connectivity index (χ1) is 41.1. The summed E-state index contributed by atoms with van der Waals surface area (Å²) >= 11 is 2.21. The Morgan fingerprint density at radius 3 is 1.18 bits per heavy atom. The lowest BCUT2D eigenvalue weighted by Gasteiger charge is -2.41. The van der Waals surface area contributed by atoms with Crippen LogP contribution in [0.5, 0.6) is 0 Å². The lowest BCUT2D eigenvalue weighted by Crippen LogP contribution is -2.43. The molecule has 0 amide bonds. The van der Waals surface area contributed by atoms with Crippen LogP contribution in [0.3, 0.4) is 0 Å². The molecule has 462 valence electrons. The van der Waals surface area contributed by atoms with Crippen molar-refractivity contribution >= 4 is 51.5 Å². The van der Waals surface area contributed by atoms with Gasteiger partial charge in [-0.2, -0.15) is 0 Å². The van der Waals surface area contributed by atoms with Crippen molar-refractivity contribution in [3.05, 3.63) is 248 Å². The number of carbonyl (C=O) groups excluding carboxylic acids is 5. The monoisotopic (exact) mass is 1290 g/mol. The molecule has 0 bridgehead atoms. The van der Waals surface area contributed by atoms with E-state index in [1.807, 2.05) is 152 Å². The molecule has 4 heterocycles. The Kier molecular flexibility index (Phi) is 30.0. The van der Waals surface area contributed by atoms with Crippen LogP contribution in [0.1, 0.15) is 167 Å². The van der Waals surface area contributed by atoms with E-state index in [2.05, 4.69) is 99.6 Å². The number of hydrogen-bond donors (Lipinski definition) is 3. The summed E-state index contributed by atoms with van der Waals surface area (Å²) < 4.78 is 1.16. The van der Waals surface area contributed by atoms with Crippen LogP contribution in [0.2, 0.25) is 0 Å². The SMILES string of the molecule is C.C.CC(=O)c1ccc(C(O)(c2ccccc2)C2CCN(C)CC2)cc1.CC(=O)c1ccc(C(c2ccccc2)C2CCNCC2)cc1.CC(=O)c1ccc(I)cc1.CN1CCC(C(=O)c2ccccc2)CC1.O=C(c1ccccc1)C1CCNCC1. The van der Waals surface area contributed by atoms with E-state index in [1.54, 1.807) is 20.8 Å². The molecule has 4 aliphatic rings. The third kappa shape index (κ3) is 21.3. The van der Waals surface area contributed by atoms with Gasteiger partial charge in [-0.3, -0.25) is 24.0 Å². The van der Waals surface area contributed by atoms with E-state index in [-0.39, 0.29) is 50.0 Å². The number of nitrogens with zero attached hydrogens (tertiary/aromatic N) is 2. The minimum absolute atomic E-state index is 0. The molecule has 0 aromatic heterocycles. The van der Waals surface area contributed by atoms with Gasteiger partial charge in [0.2, 0.25) is 0 Å². The zero-order valence-corrected chi connectivity index (χ0v) is 52.6. The number of nitrogens with one attached hydrogen (secondary N) is 2. The summed E-state index contributed by atoms with van der Waals surface area (Å²) in [5.41, 5.74) is 7.46. The molecule has 0 saturated carbocycles. The highest BCUT2D eigenvalue weighted by Crippen LogP contribution is 2.42. The van der Waals surface area contributed by atoms with E-state index < -0.39 is 5.60 Å². The molecular weight excluding hydrogens is 1190 g/mol. The Morgan fingerprint density at radius 1 is 0.425 bits per heavy atom. The highest BCUT2D eigenvalue weighted by atomic mass is 127. The second-order valence-electron chi connectivity index (χ2n) is 23.1. The summed E-state index contributed by atoms with van der Waals surface area (Å²) in [7, 11) is 4.24. The van der Waals surface area contributed by atoms with Gasteiger partial charge >= 0.3 is 0 Å². The van der Waals surface area contributed by atoms with Gasteiger partial charge in [0.1, 0.15) is 5.60 Å². The van der Waals surface area contributed by atoms with Crippen LogP contribution >= 0.6 is 22.6 Å². The molecular formula is C76H95IN4O6. The molecule has 7 aromatic rings. The number of ketones is 5. The van der Waals surface area contributed by atoms with Crippen LogP contribution in [0, 0.1) is 27.2 Å². The van der Waals surface area contributed by atoms with Crippen molar-refractivity contribution in [3.63, 3.8) is 0 Å². The molecule has 11 heteroatoms. The van der Waals surface area contributed by atoms with Crippen molar-refractivity contribution in [2.24, 2.45) is 23.7 Å². The van der Waals surface area contributed by atoms with Crippen LogP contribution in [0.4, 0.5) is 0 Å². The minimum atomic E-state index is -1.02. The molecule has 3 N–H and O–H groups in total. The van der Waals surface area contributed by atoms with E-state index in [0.29, 0.717) is 29.0 Å². The van der Waals surface area contributed by atoms with Gasteiger partial charge < -0.3 is 25.5 Å². The van der Waals surface area contributed by atoms with Gasteiger partial charge in [-0.1, -0.05) is 197 Å². The highest BCUT2D eigenvalue weighted by Gasteiger charge is 2.41. The Morgan fingerprint density at radius 2 is 0.759 bits per heavy atom. The molecule has 87 heavy (non-hydrogen) atoms. The number of hydrogen-bond acceptors (Lipinski definition) is 10. The number of halogens is 1. The highest BCUT2D eigenvalue weighted by molar-refractivity contribution is 14.1. The zero-order valence-electron chi connectivity index (χ0n) is 50.4. The van der Waals surface area contributed by atoms with E-state index >= 15 is 0 Å². The molecule has 0 aliphatic carbocycles. The van der Waals surface area contributed by atoms with Gasteiger partial charge in [-0.05, 0) is 207 Å². The number of likely N-dealkylation sites (tertiary alicyclic amines) is 2. The predicted molar refractivity (Wildman–Crippen MR) is 366 cm³/mol. The van der Waals surface area contributed by atoms with Gasteiger partial charge in [0.25, 0.3) is 0 Å². The van der Waals surface area contributed by atoms with E-state index in [9.17, 15) is 29.1 Å². The first-order valence-corrected chi connectivity index (χ1v) is 31.5. The summed E-state index contributed by atoms with van der Waals surface area (Å²) in [5, 5.41) is 18.5. The number of Topliss-reactive ketones (excluding diaryl/α,β-unsaturated/α-hetero) is 5. The lowest BCUT2D eigenvalue weighted by molar-refractivity contribution is -0.0109. The first-order valence-electron chi connectivity index (χ1n) is 30.4. The summed E-state index contributed by atoms with van der Waals surface area (Å²) in [5.74, 6) is 2.65. The molecule has 7 aromatic carbocycles. The van der Waals surface area contributed by atoms with Gasteiger partial charge in [-0.15, -0.1) is 0 Å². The second-order valence-corrected chi connectivity index (χ2v) is 24.4. The smallest absolute Gasteiger partial charge is 0.166 e. The van der Waals surface area contributed by atoms with E-state index in [1.165, 1.54) is 24.0 Å². The van der Waals surface area contributed by atoms with Crippen LogP contribution in [-0.2, 0) is 5.60 Å². The Labute approximate surface area is 534 Å². The Bertz CT molecular complexity index is 3140. The molecule has 4 saturated heterocycles. The van der Waals surface area contributed by atoms with Crippen LogP contribution in [-0.4, -0.2) is 110 Å². The van der Waals surface area contributed by atoms with Gasteiger partial charge in [0.15, 0.2) is 28.9 Å². The normalized spacial score (nSPS) is 16.8. The average Bonchev–Trinajstić information content (AvgIpc) is 1.11. The molecule has 11 rings (SSSR count). The topological polar surface area (TPSA) is 136 Å². The molecule has 4 fully saturated rings. The van der Waals surface area contributed by atoms with Crippen LogP contribution in [0.25, 0.3) is 0 Å². The van der Waals surface area contributed by atoms with Crippen molar-refractivity contribution in [1.29, 1.82) is 0 Å². The van der Waals surface area contributed by atoms with Gasteiger partial charge in [0, 0.05) is 49.1 Å². The van der Waals surface area contributed by atoms with Crippen LogP contribution in [0.15, 0.2) is 194 Å². The quantitative estimate of drug-likeness (QED) is 0.0756. The molecule has 4 aliphatic heterocycles. The lowest BCUT2D eigenvalue weighted by atomic mass is 9.72. The fourth-order valence-corrected chi connectivity index (χ4v) is 12.3. The molecule has 10 nitrogen and oxygen atoms in total. The number of rotatable bonds is 13. The number of carbonyl (C=O) groups is 5. The Hall–Kier alpha value is -6.58. The van der Waals surface area contributed by atoms with E-state index in [4.69, 9.17) is 0 Å². The predicted octanol–water partition coefficient (Wildman–Crippen LogP) is 15.3. The van der Waals surface area contributed by atoms with Gasteiger partial charge in [0.05, 0.1) is 0 Å². The third-order valence-corrected chi connectivity index (χ3v) is 17.8. The zero-order chi connectivity index (χ0) is 60.6. The fraction of sp³-hybridized carbons (Fsp3) is 0.382. The minimum Gasteiger partial charge on any atom is -0.380 e. The average molecular weight is 1290 g/mol. The summed E-state index contributed by atoms with van der Waals surface area (Å²) in [6, 6.07) is 63.1. The van der Waals surface area contributed by atoms with Crippen LogP contribution < -0.4 is 10.6 Å². The summed E-state index contributed by atoms with van der Waals surface area (Å²) in [4.78, 5) is 62.4. The standard InChI is InChI=1S/C21H25NO2.C20H23NO.C13H17NO.C12H15NO.C8H7IO.2CH4/c1-16(23)17-8-10-19(11-9-17)21(24,18-6-4-3-5-7-18)20-12-14-22(2)15-13-20;1-15(22)16-7-9-18(10-8-16)20(17-5-3-2-4-6-17)19-11-13-21-14-12-19;1-14-9-7-12(8-10-14)13(15)11-5-3-2-4-6-11;14-12(10-4-2-1-3-5-10)11-6-8-13-9-7-11;1-6(10)7-2-4-8(9)5-3-7;;/h3-11,20,24H,12-15H2,1-2H3;2-10,19-21H,11-14H2,1H3;2-6,12H,7-10H2,1H3;1-5,11,13H,6-9H2;2-5H,1H3;2*1H4. The fourth-order valence-electron chi connectivity index (χ4n) is 11.9. The van der Waals surface area contributed by atoms with Crippen molar-refractivity contribution in [1.82, 2.24) is 20.4 Å². The second kappa shape index (κ2) is 36.7. The van der Waals surface area contributed by atoms with E-state index in [0.717, 1.165) is 128 Å². The number of benzene rings is 7. The molecule has 2 atom stereocenters. The van der Waals surface area contributed by atoms with Crippen molar-refractivity contribution < 1.29 is 29.1 Å². The maximum atomic E-state index is 12.1. The number of piperidine rings is 4. The van der Waals surface area contributed by atoms with Gasteiger partial charge in [-0.25, -0.2) is 0 Å². The summed E-state index contributed by atoms with van der Waals surface area (Å²) in [6.45, 7) is 13.0.